The van der Waals surface area contributed by atoms with E-state index >= 15 is 0 Å². The van der Waals surface area contributed by atoms with Crippen LogP contribution < -0.4 is 4.74 Å². The number of carbonyl (C=O) groups excluding carboxylic acids is 1. The fourth-order valence-corrected chi connectivity index (χ4v) is 2.23. The molecule has 0 saturated carbocycles. The van der Waals surface area contributed by atoms with E-state index < -0.39 is 35.3 Å². The van der Waals surface area contributed by atoms with Crippen molar-refractivity contribution in [3.63, 3.8) is 0 Å². The normalized spacial score (nSPS) is 12.9. The number of hydrogen-bond acceptors (Lipinski definition) is 5. The fourth-order valence-electron chi connectivity index (χ4n) is 2.23. The van der Waals surface area contributed by atoms with Crippen molar-refractivity contribution in [3.8, 4) is 5.75 Å². The molecule has 0 heterocycles. The number of carbonyl (C=O) groups is 3. The molecule has 1 aromatic carbocycles. The maximum Gasteiger partial charge on any atom is 0.332 e. The molecule has 0 aliphatic carbocycles. The SMILES string of the molecule is C=C(C(=O)O)C(CCOC)(CC(=O)Oc1cccc(C)c1)C(=O)O. The average molecular weight is 336 g/mol. The standard InChI is InChI=1S/C17H20O7/c1-11-5-4-6-13(9-11)24-14(18)10-17(16(21)22,7-8-23-3)12(2)15(19)20/h4-6,9H,2,7-8,10H2,1,3H3,(H,19,20)(H,21,22). The second-order valence-corrected chi connectivity index (χ2v) is 5.38. The molecule has 0 aliphatic heterocycles. The third-order valence-electron chi connectivity index (χ3n) is 3.65. The van der Waals surface area contributed by atoms with E-state index in [1.165, 1.54) is 7.11 Å². The maximum absolute atomic E-state index is 12.2. The van der Waals surface area contributed by atoms with Gasteiger partial charge in [0.25, 0.3) is 0 Å². The second-order valence-electron chi connectivity index (χ2n) is 5.38. The van der Waals surface area contributed by atoms with Gasteiger partial charge in [0.1, 0.15) is 11.2 Å². The van der Waals surface area contributed by atoms with Crippen molar-refractivity contribution in [2.75, 3.05) is 13.7 Å². The lowest BCUT2D eigenvalue weighted by Crippen LogP contribution is -2.40. The smallest absolute Gasteiger partial charge is 0.332 e. The van der Waals surface area contributed by atoms with Crippen LogP contribution in [0.1, 0.15) is 18.4 Å². The van der Waals surface area contributed by atoms with E-state index in [0.717, 1.165) is 5.56 Å². The Labute approximate surface area is 139 Å². The molecule has 0 spiro atoms. The third kappa shape index (κ3) is 4.66. The van der Waals surface area contributed by atoms with Gasteiger partial charge in [0, 0.05) is 19.3 Å². The van der Waals surface area contributed by atoms with Crippen LogP contribution in [0.3, 0.4) is 0 Å². The van der Waals surface area contributed by atoms with Crippen molar-refractivity contribution >= 4 is 17.9 Å². The Kier molecular flexibility index (Phi) is 6.67. The van der Waals surface area contributed by atoms with Crippen molar-refractivity contribution in [2.45, 2.75) is 19.8 Å². The summed E-state index contributed by atoms with van der Waals surface area (Å²) in [5.41, 5.74) is -1.73. The molecule has 2 N–H and O–H groups in total. The van der Waals surface area contributed by atoms with E-state index in [1.54, 1.807) is 18.2 Å². The number of aryl methyl sites for hydroxylation is 1. The summed E-state index contributed by atoms with van der Waals surface area (Å²) >= 11 is 0. The van der Waals surface area contributed by atoms with Gasteiger partial charge in [-0.1, -0.05) is 18.7 Å². The van der Waals surface area contributed by atoms with Crippen LogP contribution in [0.5, 0.6) is 5.75 Å². The number of ether oxygens (including phenoxy) is 2. The Balaban J connectivity index is 3.06. The van der Waals surface area contributed by atoms with Gasteiger partial charge in [-0.25, -0.2) is 4.79 Å². The summed E-state index contributed by atoms with van der Waals surface area (Å²) in [5, 5.41) is 18.7. The Morgan fingerprint density at radius 3 is 2.42 bits per heavy atom. The highest BCUT2D eigenvalue weighted by atomic mass is 16.5. The first-order chi connectivity index (χ1) is 11.2. The molecule has 0 amide bonds. The summed E-state index contributed by atoms with van der Waals surface area (Å²) in [6, 6.07) is 6.66. The highest BCUT2D eigenvalue weighted by Crippen LogP contribution is 2.36. The molecule has 1 aromatic rings. The Bertz CT molecular complexity index is 650. The van der Waals surface area contributed by atoms with E-state index in [9.17, 15) is 19.5 Å². The summed E-state index contributed by atoms with van der Waals surface area (Å²) in [6.07, 6.45) is -0.877. The van der Waals surface area contributed by atoms with Gasteiger partial charge in [-0.05, 0) is 31.0 Å². The van der Waals surface area contributed by atoms with Gasteiger partial charge in [0.2, 0.25) is 0 Å². The largest absolute Gasteiger partial charge is 0.481 e. The predicted molar refractivity (Wildman–Crippen MR) is 84.8 cm³/mol. The summed E-state index contributed by atoms with van der Waals surface area (Å²) in [4.78, 5) is 35.1. The van der Waals surface area contributed by atoms with Gasteiger partial charge in [0.15, 0.2) is 0 Å². The molecular formula is C17H20O7. The van der Waals surface area contributed by atoms with Crippen molar-refractivity contribution in [2.24, 2.45) is 5.41 Å². The number of carboxylic acid groups (broad SMARTS) is 2. The molecule has 0 aromatic heterocycles. The topological polar surface area (TPSA) is 110 Å². The lowest BCUT2D eigenvalue weighted by Gasteiger charge is -2.28. The van der Waals surface area contributed by atoms with Crippen LogP contribution in [-0.2, 0) is 19.1 Å². The lowest BCUT2D eigenvalue weighted by molar-refractivity contribution is -0.155. The number of carboxylic acids is 2. The summed E-state index contributed by atoms with van der Waals surface area (Å²) in [6.45, 7) is 5.10. The van der Waals surface area contributed by atoms with Crippen molar-refractivity contribution in [3.05, 3.63) is 42.0 Å². The second kappa shape index (κ2) is 8.26. The number of hydrogen-bond donors (Lipinski definition) is 2. The minimum Gasteiger partial charge on any atom is -0.481 e. The van der Waals surface area contributed by atoms with Crippen molar-refractivity contribution < 1.29 is 34.1 Å². The molecule has 24 heavy (non-hydrogen) atoms. The molecular weight excluding hydrogens is 316 g/mol. The lowest BCUT2D eigenvalue weighted by atomic mass is 9.75. The third-order valence-corrected chi connectivity index (χ3v) is 3.65. The average Bonchev–Trinajstić information content (AvgIpc) is 2.50. The van der Waals surface area contributed by atoms with Gasteiger partial charge < -0.3 is 19.7 Å². The Hall–Kier alpha value is -2.67. The maximum atomic E-state index is 12.2. The molecule has 0 aliphatic rings. The van der Waals surface area contributed by atoms with Crippen LogP contribution in [0.2, 0.25) is 0 Å². The van der Waals surface area contributed by atoms with E-state index in [1.807, 2.05) is 13.0 Å². The summed E-state index contributed by atoms with van der Waals surface area (Å²) in [5.74, 6) is -3.56. The van der Waals surface area contributed by atoms with Crippen LogP contribution in [0.25, 0.3) is 0 Å². The molecule has 0 saturated heterocycles. The van der Waals surface area contributed by atoms with E-state index in [2.05, 4.69) is 6.58 Å². The Morgan fingerprint density at radius 2 is 1.92 bits per heavy atom. The first-order valence-corrected chi connectivity index (χ1v) is 7.15. The molecule has 7 heteroatoms. The van der Waals surface area contributed by atoms with Crippen molar-refractivity contribution in [1.82, 2.24) is 0 Å². The minimum atomic E-state index is -2.00. The van der Waals surface area contributed by atoms with Gasteiger partial charge >= 0.3 is 17.9 Å². The van der Waals surface area contributed by atoms with E-state index in [0.29, 0.717) is 0 Å². The highest BCUT2D eigenvalue weighted by molar-refractivity contribution is 5.98. The zero-order chi connectivity index (χ0) is 18.3. The summed E-state index contributed by atoms with van der Waals surface area (Å²) < 4.78 is 9.98. The van der Waals surface area contributed by atoms with Crippen LogP contribution in [0.15, 0.2) is 36.4 Å². The van der Waals surface area contributed by atoms with Gasteiger partial charge in [-0.3, -0.25) is 9.59 Å². The van der Waals surface area contributed by atoms with Crippen LogP contribution in [0, 0.1) is 12.3 Å². The van der Waals surface area contributed by atoms with Crippen LogP contribution in [-0.4, -0.2) is 41.8 Å². The fraction of sp³-hybridized carbons (Fsp3) is 0.353. The predicted octanol–water partition coefficient (Wildman–Crippen LogP) is 2.04. The number of esters is 1. The van der Waals surface area contributed by atoms with Crippen molar-refractivity contribution in [1.29, 1.82) is 0 Å². The molecule has 130 valence electrons. The molecule has 1 unspecified atom stereocenters. The number of methoxy groups -OCH3 is 1. The summed E-state index contributed by atoms with van der Waals surface area (Å²) in [7, 11) is 1.35. The zero-order valence-corrected chi connectivity index (χ0v) is 13.6. The highest BCUT2D eigenvalue weighted by Gasteiger charge is 2.46. The molecule has 0 radical (unpaired) electrons. The molecule has 0 fully saturated rings. The van der Waals surface area contributed by atoms with E-state index in [4.69, 9.17) is 14.6 Å². The number of benzene rings is 1. The molecule has 1 rings (SSSR count). The molecule has 1 atom stereocenters. The van der Waals surface area contributed by atoms with Crippen LogP contribution in [0.4, 0.5) is 0 Å². The van der Waals surface area contributed by atoms with Crippen LogP contribution >= 0.6 is 0 Å². The zero-order valence-electron chi connectivity index (χ0n) is 13.6. The minimum absolute atomic E-state index is 0.0453. The number of aliphatic carboxylic acids is 2. The van der Waals surface area contributed by atoms with Gasteiger partial charge in [-0.15, -0.1) is 0 Å². The monoisotopic (exact) mass is 336 g/mol. The number of rotatable bonds is 9. The molecule has 0 bridgehead atoms. The van der Waals surface area contributed by atoms with E-state index in [-0.39, 0.29) is 18.8 Å². The first-order valence-electron chi connectivity index (χ1n) is 7.15. The quantitative estimate of drug-likeness (QED) is 0.403. The Morgan fingerprint density at radius 1 is 1.25 bits per heavy atom. The van der Waals surface area contributed by atoms with Gasteiger partial charge in [0.05, 0.1) is 6.42 Å². The molecule has 7 nitrogen and oxygen atoms in total. The van der Waals surface area contributed by atoms with Gasteiger partial charge in [-0.2, -0.15) is 0 Å². The first kappa shape index (κ1) is 19.4.